The molecule has 1 aromatic carbocycles. The number of nitrogens with one attached hydrogen (secondary N) is 1. The molecule has 1 aromatic rings. The Morgan fingerprint density at radius 3 is 2.09 bits per heavy atom. The molecular formula is C6H8NNaO2S. The van der Waals surface area contributed by atoms with Crippen molar-refractivity contribution in [3.05, 3.63) is 30.3 Å². The van der Waals surface area contributed by atoms with E-state index in [2.05, 4.69) is 4.72 Å². The molecule has 3 nitrogen and oxygen atoms in total. The molecule has 0 saturated carbocycles. The topological polar surface area (TPSA) is 46.2 Å². The van der Waals surface area contributed by atoms with Crippen molar-refractivity contribution in [3.8, 4) is 0 Å². The zero-order valence-electron chi connectivity index (χ0n) is 5.15. The fraction of sp³-hybridized carbons (Fsp3) is 0. The monoisotopic (exact) mass is 181 g/mol. The van der Waals surface area contributed by atoms with Gasteiger partial charge in [-0.3, -0.25) is 4.72 Å². The van der Waals surface area contributed by atoms with Gasteiger partial charge in [0, 0.05) is 5.69 Å². The molecule has 0 unspecified atom stereocenters. The molecular weight excluding hydrogens is 173 g/mol. The summed E-state index contributed by atoms with van der Waals surface area (Å²) in [5.41, 5.74) is 0.596. The predicted molar refractivity (Wildman–Crippen MR) is 47.5 cm³/mol. The molecule has 0 atom stereocenters. The van der Waals surface area contributed by atoms with Crippen LogP contribution < -0.4 is 4.72 Å². The normalized spacial score (nSPS) is 8.82. The van der Waals surface area contributed by atoms with Crippen molar-refractivity contribution < 1.29 is 8.42 Å². The quantitative estimate of drug-likeness (QED) is 0.497. The first-order valence-corrected chi connectivity index (χ1v) is 3.93. The van der Waals surface area contributed by atoms with E-state index in [1.54, 1.807) is 24.3 Å². The second-order valence-electron chi connectivity index (χ2n) is 1.73. The van der Waals surface area contributed by atoms with Gasteiger partial charge in [0.25, 0.3) is 0 Å². The number of hydrogen-bond acceptors (Lipinski definition) is 2. The van der Waals surface area contributed by atoms with Gasteiger partial charge in [-0.25, -0.2) is 8.42 Å². The molecule has 0 spiro atoms. The van der Waals surface area contributed by atoms with Crippen LogP contribution in [0, 0.1) is 0 Å². The molecule has 0 heterocycles. The standard InChI is InChI=1S/C6H7NO2S.Na.H/c8-10(9)7-6-4-2-1-3-5-6;;/h1-5,10H,(H,7,8,9);;. The zero-order chi connectivity index (χ0) is 7.40. The summed E-state index contributed by atoms with van der Waals surface area (Å²) in [6, 6.07) is 8.72. The van der Waals surface area contributed by atoms with Gasteiger partial charge in [-0.05, 0) is 12.1 Å². The van der Waals surface area contributed by atoms with Crippen molar-refractivity contribution in [1.82, 2.24) is 0 Å². The van der Waals surface area contributed by atoms with Crippen molar-refractivity contribution in [2.24, 2.45) is 0 Å². The Balaban J connectivity index is 0.000001000. The van der Waals surface area contributed by atoms with E-state index in [1.165, 1.54) is 0 Å². The Morgan fingerprint density at radius 1 is 1.09 bits per heavy atom. The Labute approximate surface area is 89.2 Å². The van der Waals surface area contributed by atoms with Crippen LogP contribution in [-0.2, 0) is 10.9 Å². The van der Waals surface area contributed by atoms with Gasteiger partial charge in [-0.1, -0.05) is 18.2 Å². The van der Waals surface area contributed by atoms with E-state index in [4.69, 9.17) is 0 Å². The first-order valence-electron chi connectivity index (χ1n) is 2.75. The van der Waals surface area contributed by atoms with Gasteiger partial charge in [-0.15, -0.1) is 0 Å². The molecule has 5 heteroatoms. The molecule has 0 saturated heterocycles. The Kier molecular flexibility index (Phi) is 5.58. The molecule has 11 heavy (non-hydrogen) atoms. The van der Waals surface area contributed by atoms with Crippen molar-refractivity contribution >= 4 is 46.1 Å². The fourth-order valence-corrected chi connectivity index (χ4v) is 0.978. The molecule has 0 bridgehead atoms. The SMILES string of the molecule is O=[SH](=O)Nc1ccccc1.[NaH]. The van der Waals surface area contributed by atoms with Crippen molar-refractivity contribution in [2.45, 2.75) is 0 Å². The van der Waals surface area contributed by atoms with E-state index < -0.39 is 10.9 Å². The molecule has 0 radical (unpaired) electrons. The van der Waals surface area contributed by atoms with Crippen LogP contribution in [0.2, 0.25) is 0 Å². The van der Waals surface area contributed by atoms with Crippen LogP contribution in [0.25, 0.3) is 0 Å². The number of rotatable bonds is 2. The van der Waals surface area contributed by atoms with Crippen LogP contribution in [0.5, 0.6) is 0 Å². The van der Waals surface area contributed by atoms with Crippen molar-refractivity contribution in [3.63, 3.8) is 0 Å². The van der Waals surface area contributed by atoms with Crippen molar-refractivity contribution in [2.75, 3.05) is 4.72 Å². The average Bonchev–Trinajstić information content (AvgIpc) is 1.88. The number of hydrogen-bond donors (Lipinski definition) is 2. The molecule has 1 rings (SSSR count). The second kappa shape index (κ2) is 5.60. The van der Waals surface area contributed by atoms with Gasteiger partial charge in [0.2, 0.25) is 10.9 Å². The van der Waals surface area contributed by atoms with Gasteiger partial charge in [0.15, 0.2) is 0 Å². The number of benzene rings is 1. The van der Waals surface area contributed by atoms with Crippen LogP contribution in [-0.4, -0.2) is 38.0 Å². The maximum absolute atomic E-state index is 10.1. The van der Waals surface area contributed by atoms with Gasteiger partial charge in [-0.2, -0.15) is 0 Å². The summed E-state index contributed by atoms with van der Waals surface area (Å²) in [7, 11) is -2.53. The van der Waals surface area contributed by atoms with Gasteiger partial charge in [0.1, 0.15) is 0 Å². The summed E-state index contributed by atoms with van der Waals surface area (Å²) in [5.74, 6) is 0. The van der Waals surface area contributed by atoms with E-state index in [1.807, 2.05) is 6.07 Å². The van der Waals surface area contributed by atoms with Crippen molar-refractivity contribution in [1.29, 1.82) is 0 Å². The Bertz CT molecular complexity index is 265. The van der Waals surface area contributed by atoms with Gasteiger partial charge < -0.3 is 0 Å². The van der Waals surface area contributed by atoms with E-state index in [0.29, 0.717) is 5.69 Å². The van der Waals surface area contributed by atoms with E-state index in [0.717, 1.165) is 0 Å². The van der Waals surface area contributed by atoms with Crippen LogP contribution in [0.1, 0.15) is 0 Å². The summed E-state index contributed by atoms with van der Waals surface area (Å²) < 4.78 is 22.4. The van der Waals surface area contributed by atoms with Crippen LogP contribution in [0.3, 0.4) is 0 Å². The van der Waals surface area contributed by atoms with Crippen LogP contribution in [0.15, 0.2) is 30.3 Å². The maximum atomic E-state index is 10.1. The summed E-state index contributed by atoms with van der Waals surface area (Å²) in [4.78, 5) is 0. The predicted octanol–water partition coefficient (Wildman–Crippen LogP) is -0.0236. The van der Waals surface area contributed by atoms with E-state index in [-0.39, 0.29) is 29.6 Å². The van der Waals surface area contributed by atoms with Crippen LogP contribution >= 0.6 is 0 Å². The second-order valence-corrected chi connectivity index (χ2v) is 2.47. The molecule has 0 aliphatic rings. The van der Waals surface area contributed by atoms with Gasteiger partial charge >= 0.3 is 29.6 Å². The third-order valence-electron chi connectivity index (χ3n) is 0.994. The first-order chi connectivity index (χ1) is 4.79. The van der Waals surface area contributed by atoms with Gasteiger partial charge in [0.05, 0.1) is 0 Å². The first kappa shape index (κ1) is 11.0. The molecule has 56 valence electrons. The summed E-state index contributed by atoms with van der Waals surface area (Å²) in [5, 5.41) is 0. The van der Waals surface area contributed by atoms with E-state index in [9.17, 15) is 8.42 Å². The molecule has 0 aromatic heterocycles. The number of anilines is 1. The zero-order valence-corrected chi connectivity index (χ0v) is 6.04. The van der Waals surface area contributed by atoms with E-state index >= 15 is 0 Å². The minimum absolute atomic E-state index is 0. The Morgan fingerprint density at radius 2 is 1.64 bits per heavy atom. The molecule has 1 N–H and O–H groups in total. The minimum atomic E-state index is -2.53. The Hall–Kier alpha value is -0.0300. The average molecular weight is 181 g/mol. The molecule has 0 aliphatic heterocycles. The molecule has 0 amide bonds. The third kappa shape index (κ3) is 4.42. The fourth-order valence-electron chi connectivity index (χ4n) is 0.618. The summed E-state index contributed by atoms with van der Waals surface area (Å²) >= 11 is 0. The summed E-state index contributed by atoms with van der Waals surface area (Å²) in [6.07, 6.45) is 0. The summed E-state index contributed by atoms with van der Waals surface area (Å²) in [6.45, 7) is 0. The number of thiol groups is 1. The molecule has 0 fully saturated rings. The third-order valence-corrected chi connectivity index (χ3v) is 1.43. The number of para-hydroxylation sites is 1. The van der Waals surface area contributed by atoms with Crippen LogP contribution in [0.4, 0.5) is 5.69 Å². The molecule has 0 aliphatic carbocycles.